The molecule has 164 valence electrons. The first-order valence-corrected chi connectivity index (χ1v) is 11.4. The molecule has 0 spiro atoms. The van der Waals surface area contributed by atoms with E-state index in [9.17, 15) is 13.2 Å². The van der Waals surface area contributed by atoms with Gasteiger partial charge in [-0.25, -0.2) is 8.42 Å². The Labute approximate surface area is 176 Å². The average Bonchev–Trinajstić information content (AvgIpc) is 3.10. The molecule has 1 aromatic carbocycles. The summed E-state index contributed by atoms with van der Waals surface area (Å²) in [5.41, 5.74) is 1.01. The molecule has 9 nitrogen and oxygen atoms in total. The van der Waals surface area contributed by atoms with Crippen molar-refractivity contribution in [3.05, 3.63) is 35.0 Å². The van der Waals surface area contributed by atoms with Crippen molar-refractivity contribution in [1.82, 2.24) is 20.8 Å². The molecule has 0 radical (unpaired) electrons. The number of amides is 1. The molecule has 2 aromatic rings. The van der Waals surface area contributed by atoms with Gasteiger partial charge in [-0.15, -0.1) is 10.2 Å². The standard InChI is InChI=1S/C20H28N4O5S/c1-12-8-14(28-5)9-13(2)17(12)30(26,27)10-16-23-24-19(29-16)18(25)22-15-6-7-21-11-20(15,3)4/h8-9,15,21H,6-7,10-11H2,1-5H3,(H,22,25). The van der Waals surface area contributed by atoms with Crippen LogP contribution in [0.25, 0.3) is 0 Å². The highest BCUT2D eigenvalue weighted by Crippen LogP contribution is 2.28. The van der Waals surface area contributed by atoms with Gasteiger partial charge in [0.15, 0.2) is 9.84 Å². The van der Waals surface area contributed by atoms with Crippen LogP contribution in [0.2, 0.25) is 0 Å². The molecule has 1 aliphatic rings. The second-order valence-corrected chi connectivity index (χ2v) is 10.3. The van der Waals surface area contributed by atoms with Gasteiger partial charge in [0.2, 0.25) is 5.89 Å². The van der Waals surface area contributed by atoms with Gasteiger partial charge in [0.25, 0.3) is 0 Å². The van der Waals surface area contributed by atoms with Crippen molar-refractivity contribution in [2.45, 2.75) is 50.8 Å². The summed E-state index contributed by atoms with van der Waals surface area (Å²) in [4.78, 5) is 12.7. The number of benzene rings is 1. The maximum Gasteiger partial charge on any atom is 0.309 e. The average molecular weight is 437 g/mol. The zero-order chi connectivity index (χ0) is 22.1. The number of sulfone groups is 1. The summed E-state index contributed by atoms with van der Waals surface area (Å²) >= 11 is 0. The number of nitrogens with one attached hydrogen (secondary N) is 2. The lowest BCUT2D eigenvalue weighted by Crippen LogP contribution is -2.54. The summed E-state index contributed by atoms with van der Waals surface area (Å²) in [6.45, 7) is 9.13. The Hall–Kier alpha value is -2.46. The normalized spacial score (nSPS) is 18.8. The van der Waals surface area contributed by atoms with E-state index in [0.717, 1.165) is 19.5 Å². The summed E-state index contributed by atoms with van der Waals surface area (Å²) < 4.78 is 36.5. The molecule has 1 amide bonds. The van der Waals surface area contributed by atoms with Gasteiger partial charge in [0.05, 0.1) is 12.0 Å². The van der Waals surface area contributed by atoms with E-state index in [1.54, 1.807) is 26.0 Å². The van der Waals surface area contributed by atoms with E-state index in [1.807, 2.05) is 0 Å². The first-order chi connectivity index (χ1) is 14.0. The number of ether oxygens (including phenoxy) is 1. The van der Waals surface area contributed by atoms with E-state index in [-0.39, 0.29) is 28.1 Å². The van der Waals surface area contributed by atoms with Gasteiger partial charge in [0.1, 0.15) is 11.5 Å². The number of methoxy groups -OCH3 is 1. The lowest BCUT2D eigenvalue weighted by Gasteiger charge is -2.39. The molecule has 0 saturated carbocycles. The lowest BCUT2D eigenvalue weighted by atomic mass is 9.80. The summed E-state index contributed by atoms with van der Waals surface area (Å²) in [6.07, 6.45) is 0.782. The molecule has 2 heterocycles. The molecular formula is C20H28N4O5S. The number of carbonyl (C=O) groups excluding carboxylic acids is 1. The molecule has 1 atom stereocenters. The summed E-state index contributed by atoms with van der Waals surface area (Å²) in [5.74, 6) is -0.762. The van der Waals surface area contributed by atoms with Crippen molar-refractivity contribution in [2.75, 3.05) is 20.2 Å². The van der Waals surface area contributed by atoms with Crippen LogP contribution in [0.1, 0.15) is 48.0 Å². The number of aryl methyl sites for hydroxylation is 2. The van der Waals surface area contributed by atoms with E-state index in [2.05, 4.69) is 34.7 Å². The van der Waals surface area contributed by atoms with Gasteiger partial charge < -0.3 is 19.8 Å². The predicted molar refractivity (Wildman–Crippen MR) is 110 cm³/mol. The lowest BCUT2D eigenvalue weighted by molar-refractivity contribution is 0.0832. The number of aromatic nitrogens is 2. The summed E-state index contributed by atoms with van der Waals surface area (Å²) in [7, 11) is -2.22. The van der Waals surface area contributed by atoms with Crippen molar-refractivity contribution in [3.8, 4) is 5.75 Å². The van der Waals surface area contributed by atoms with Crippen LogP contribution < -0.4 is 15.4 Å². The molecule has 2 N–H and O–H groups in total. The number of hydrogen-bond acceptors (Lipinski definition) is 8. The fourth-order valence-corrected chi connectivity index (χ4v) is 5.50. The molecule has 10 heteroatoms. The van der Waals surface area contributed by atoms with Gasteiger partial charge in [0, 0.05) is 12.6 Å². The largest absolute Gasteiger partial charge is 0.497 e. The molecule has 0 bridgehead atoms. The Morgan fingerprint density at radius 3 is 2.57 bits per heavy atom. The van der Waals surface area contributed by atoms with Crippen LogP contribution >= 0.6 is 0 Å². The minimum atomic E-state index is -3.75. The zero-order valence-electron chi connectivity index (χ0n) is 17.9. The predicted octanol–water partition coefficient (Wildman–Crippen LogP) is 1.79. The fraction of sp³-hybridized carbons (Fsp3) is 0.550. The molecule has 0 aliphatic carbocycles. The minimum Gasteiger partial charge on any atom is -0.497 e. The van der Waals surface area contributed by atoms with Crippen LogP contribution in [0, 0.1) is 19.3 Å². The van der Waals surface area contributed by atoms with Gasteiger partial charge >= 0.3 is 11.8 Å². The van der Waals surface area contributed by atoms with Crippen LogP contribution in [0.3, 0.4) is 0 Å². The highest BCUT2D eigenvalue weighted by atomic mass is 32.2. The summed E-state index contributed by atoms with van der Waals surface area (Å²) in [5, 5.41) is 13.8. The van der Waals surface area contributed by atoms with E-state index in [1.165, 1.54) is 7.11 Å². The smallest absolute Gasteiger partial charge is 0.309 e. The quantitative estimate of drug-likeness (QED) is 0.702. The maximum absolute atomic E-state index is 12.9. The monoisotopic (exact) mass is 436 g/mol. The first-order valence-electron chi connectivity index (χ1n) is 9.75. The fourth-order valence-electron chi connectivity index (χ4n) is 3.82. The van der Waals surface area contributed by atoms with Crippen LogP contribution in [-0.4, -0.2) is 50.8 Å². The number of hydrogen-bond donors (Lipinski definition) is 2. The van der Waals surface area contributed by atoms with E-state index < -0.39 is 21.5 Å². The molecule has 1 aliphatic heterocycles. The van der Waals surface area contributed by atoms with Gasteiger partial charge in [-0.3, -0.25) is 4.79 Å². The van der Waals surface area contributed by atoms with Crippen LogP contribution in [-0.2, 0) is 15.6 Å². The van der Waals surface area contributed by atoms with E-state index in [0.29, 0.717) is 16.9 Å². The molecule has 1 unspecified atom stereocenters. The SMILES string of the molecule is COc1cc(C)c(S(=O)(=O)Cc2nnc(C(=O)NC3CCNCC3(C)C)o2)c(C)c1. The van der Waals surface area contributed by atoms with Crippen molar-refractivity contribution in [1.29, 1.82) is 0 Å². The molecule has 3 rings (SSSR count). The summed E-state index contributed by atoms with van der Waals surface area (Å²) in [6, 6.07) is 3.27. The van der Waals surface area contributed by atoms with E-state index >= 15 is 0 Å². The Bertz CT molecular complexity index is 1020. The first kappa shape index (κ1) is 22.2. The topological polar surface area (TPSA) is 123 Å². The second kappa shape index (κ2) is 8.35. The highest BCUT2D eigenvalue weighted by Gasteiger charge is 2.34. The van der Waals surface area contributed by atoms with Crippen molar-refractivity contribution >= 4 is 15.7 Å². The van der Waals surface area contributed by atoms with Crippen molar-refractivity contribution in [3.63, 3.8) is 0 Å². The molecule has 1 aromatic heterocycles. The van der Waals surface area contributed by atoms with E-state index in [4.69, 9.17) is 9.15 Å². The Balaban J connectivity index is 1.76. The second-order valence-electron chi connectivity index (χ2n) is 8.33. The van der Waals surface area contributed by atoms with Crippen LogP contribution in [0.15, 0.2) is 21.4 Å². The number of carbonyl (C=O) groups is 1. The third-order valence-corrected chi connectivity index (χ3v) is 7.29. The Morgan fingerprint density at radius 2 is 1.97 bits per heavy atom. The molecule has 30 heavy (non-hydrogen) atoms. The van der Waals surface area contributed by atoms with Crippen LogP contribution in [0.4, 0.5) is 0 Å². The zero-order valence-corrected chi connectivity index (χ0v) is 18.7. The maximum atomic E-state index is 12.9. The van der Waals surface area contributed by atoms with Gasteiger partial charge in [-0.1, -0.05) is 13.8 Å². The van der Waals surface area contributed by atoms with Crippen molar-refractivity contribution in [2.24, 2.45) is 5.41 Å². The molecule has 1 fully saturated rings. The minimum absolute atomic E-state index is 0.0464. The number of rotatable bonds is 6. The highest BCUT2D eigenvalue weighted by molar-refractivity contribution is 7.90. The third kappa shape index (κ3) is 4.65. The number of nitrogens with zero attached hydrogens (tertiary/aromatic N) is 2. The Kier molecular flexibility index (Phi) is 6.19. The number of piperidine rings is 1. The third-order valence-electron chi connectivity index (χ3n) is 5.39. The van der Waals surface area contributed by atoms with Gasteiger partial charge in [-0.2, -0.15) is 0 Å². The van der Waals surface area contributed by atoms with Crippen LogP contribution in [0.5, 0.6) is 5.75 Å². The van der Waals surface area contributed by atoms with Gasteiger partial charge in [-0.05, 0) is 55.5 Å². The molecule has 1 saturated heterocycles. The Morgan fingerprint density at radius 1 is 1.30 bits per heavy atom. The van der Waals surface area contributed by atoms with Crippen molar-refractivity contribution < 1.29 is 22.4 Å². The molecular weight excluding hydrogens is 408 g/mol.